The van der Waals surface area contributed by atoms with E-state index < -0.39 is 0 Å². The minimum absolute atomic E-state index is 0.353. The summed E-state index contributed by atoms with van der Waals surface area (Å²) in [5.41, 5.74) is 4.21. The van der Waals surface area contributed by atoms with E-state index in [0.29, 0.717) is 5.66 Å². The average molecular weight is 245 g/mol. The van der Waals surface area contributed by atoms with Crippen molar-refractivity contribution < 1.29 is 0 Å². The van der Waals surface area contributed by atoms with Crippen molar-refractivity contribution in [3.05, 3.63) is 47.0 Å². The van der Waals surface area contributed by atoms with E-state index in [1.165, 1.54) is 17.5 Å². The Labute approximate surface area is 107 Å². The lowest BCUT2D eigenvalue weighted by Gasteiger charge is -2.11. The van der Waals surface area contributed by atoms with Crippen molar-refractivity contribution in [1.29, 1.82) is 5.26 Å². The zero-order chi connectivity index (χ0) is 12.7. The molecule has 0 N–H and O–H groups in total. The first-order valence-electron chi connectivity index (χ1n) is 6.07. The second-order valence-corrected chi connectivity index (χ2v) is 5.20. The molecule has 0 saturated heterocycles. The molecule has 0 aliphatic rings. The van der Waals surface area contributed by atoms with Crippen LogP contribution in [-0.2, 0) is 12.8 Å². The van der Waals surface area contributed by atoms with Gasteiger partial charge in [-0.3, -0.25) is 0 Å². The predicted molar refractivity (Wildman–Crippen MR) is 77.0 cm³/mol. The standard InChI is InChI=1S/C15H20NP/c1-3-4-13-5-7-14(8-6-13)11-15(17)12(2)9-10-16/h5-9,15H,3-4,11,17H2,1-2H3/b12-9+. The smallest absolute Gasteiger partial charge is 0.0911 e. The first-order valence-corrected chi connectivity index (χ1v) is 6.73. The van der Waals surface area contributed by atoms with Gasteiger partial charge >= 0.3 is 0 Å². The van der Waals surface area contributed by atoms with Crippen molar-refractivity contribution in [2.75, 3.05) is 0 Å². The molecule has 1 nitrogen and oxygen atoms in total. The molecule has 2 heteroatoms. The molecule has 0 spiro atoms. The van der Waals surface area contributed by atoms with Gasteiger partial charge in [0, 0.05) is 6.08 Å². The molecule has 0 aliphatic carbocycles. The highest BCUT2D eigenvalue weighted by Gasteiger charge is 2.05. The Morgan fingerprint density at radius 1 is 1.35 bits per heavy atom. The highest BCUT2D eigenvalue weighted by atomic mass is 31.0. The van der Waals surface area contributed by atoms with Gasteiger partial charge in [0.2, 0.25) is 0 Å². The molecule has 1 rings (SSSR count). The summed E-state index contributed by atoms with van der Waals surface area (Å²) in [5.74, 6) is 0. The van der Waals surface area contributed by atoms with E-state index in [1.807, 2.05) is 6.92 Å². The first-order chi connectivity index (χ1) is 8.17. The van der Waals surface area contributed by atoms with Crippen molar-refractivity contribution in [2.24, 2.45) is 0 Å². The summed E-state index contributed by atoms with van der Waals surface area (Å²) in [6.07, 6.45) is 4.94. The molecule has 1 aromatic carbocycles. The second kappa shape index (κ2) is 7.25. The molecule has 0 amide bonds. The van der Waals surface area contributed by atoms with Crippen LogP contribution >= 0.6 is 9.24 Å². The maximum atomic E-state index is 8.61. The third-order valence-electron chi connectivity index (χ3n) is 2.89. The third-order valence-corrected chi connectivity index (χ3v) is 3.66. The molecule has 0 fully saturated rings. The summed E-state index contributed by atoms with van der Waals surface area (Å²) in [5, 5.41) is 8.61. The van der Waals surface area contributed by atoms with Crippen LogP contribution in [0.15, 0.2) is 35.9 Å². The molecule has 17 heavy (non-hydrogen) atoms. The molecule has 0 radical (unpaired) electrons. The van der Waals surface area contributed by atoms with Crippen molar-refractivity contribution in [1.82, 2.24) is 0 Å². The maximum Gasteiger partial charge on any atom is 0.0911 e. The monoisotopic (exact) mass is 245 g/mol. The Hall–Kier alpha value is -1.12. The fraction of sp³-hybridized carbons (Fsp3) is 0.400. The van der Waals surface area contributed by atoms with Crippen LogP contribution in [0, 0.1) is 11.3 Å². The van der Waals surface area contributed by atoms with Crippen molar-refractivity contribution >= 4 is 9.24 Å². The molecule has 0 aromatic heterocycles. The van der Waals surface area contributed by atoms with E-state index in [9.17, 15) is 0 Å². The van der Waals surface area contributed by atoms with E-state index in [-0.39, 0.29) is 0 Å². The number of hydrogen-bond acceptors (Lipinski definition) is 1. The van der Waals surface area contributed by atoms with Crippen LogP contribution in [0.2, 0.25) is 0 Å². The number of nitriles is 1. The van der Waals surface area contributed by atoms with Crippen LogP contribution in [-0.4, -0.2) is 5.66 Å². The average Bonchev–Trinajstić information content (AvgIpc) is 2.32. The summed E-state index contributed by atoms with van der Waals surface area (Å²) >= 11 is 0. The molecule has 90 valence electrons. The molecule has 2 atom stereocenters. The predicted octanol–water partition coefficient (Wildman–Crippen LogP) is 3.90. The normalized spacial score (nSPS) is 13.2. The molecule has 1 aromatic rings. The van der Waals surface area contributed by atoms with Gasteiger partial charge < -0.3 is 0 Å². The van der Waals surface area contributed by atoms with Gasteiger partial charge in [0.15, 0.2) is 0 Å². The van der Waals surface area contributed by atoms with Crippen LogP contribution < -0.4 is 0 Å². The summed E-state index contributed by atoms with van der Waals surface area (Å²) in [4.78, 5) is 0. The van der Waals surface area contributed by atoms with Gasteiger partial charge in [-0.2, -0.15) is 5.26 Å². The van der Waals surface area contributed by atoms with Crippen molar-refractivity contribution in [2.45, 2.75) is 38.8 Å². The Morgan fingerprint density at radius 3 is 2.47 bits per heavy atom. The van der Waals surface area contributed by atoms with Crippen LogP contribution in [0.4, 0.5) is 0 Å². The number of benzene rings is 1. The highest BCUT2D eigenvalue weighted by molar-refractivity contribution is 7.18. The van der Waals surface area contributed by atoms with E-state index in [2.05, 4.69) is 46.5 Å². The largest absolute Gasteiger partial charge is 0.193 e. The SMILES string of the molecule is CCCc1ccc(CC(P)/C(C)=C/C#N)cc1. The second-order valence-electron chi connectivity index (χ2n) is 4.39. The first kappa shape index (κ1) is 13.9. The third kappa shape index (κ3) is 4.72. The zero-order valence-electron chi connectivity index (χ0n) is 10.6. The number of nitrogens with zero attached hydrogens (tertiary/aromatic N) is 1. The molecule has 0 aliphatic heterocycles. The Bertz CT molecular complexity index is 412. The van der Waals surface area contributed by atoms with E-state index in [1.54, 1.807) is 6.08 Å². The molecule has 0 heterocycles. The van der Waals surface area contributed by atoms with E-state index >= 15 is 0 Å². The highest BCUT2D eigenvalue weighted by Crippen LogP contribution is 2.18. The van der Waals surface area contributed by atoms with Crippen LogP contribution in [0.5, 0.6) is 0 Å². The lowest BCUT2D eigenvalue weighted by Crippen LogP contribution is -2.04. The van der Waals surface area contributed by atoms with Crippen molar-refractivity contribution in [3.63, 3.8) is 0 Å². The Morgan fingerprint density at radius 2 is 1.94 bits per heavy atom. The van der Waals surface area contributed by atoms with Gasteiger partial charge in [0.1, 0.15) is 0 Å². The van der Waals surface area contributed by atoms with Gasteiger partial charge in [-0.05, 0) is 36.6 Å². The van der Waals surface area contributed by atoms with Gasteiger partial charge in [0.25, 0.3) is 0 Å². The van der Waals surface area contributed by atoms with Gasteiger partial charge in [0.05, 0.1) is 6.07 Å². The topological polar surface area (TPSA) is 23.8 Å². The van der Waals surface area contributed by atoms with Gasteiger partial charge in [-0.1, -0.05) is 43.2 Å². The quantitative estimate of drug-likeness (QED) is 0.570. The Kier molecular flexibility index (Phi) is 5.95. The van der Waals surface area contributed by atoms with Crippen LogP contribution in [0.25, 0.3) is 0 Å². The molecular weight excluding hydrogens is 225 g/mol. The van der Waals surface area contributed by atoms with Gasteiger partial charge in [-0.25, -0.2) is 0 Å². The number of aryl methyl sites for hydroxylation is 1. The van der Waals surface area contributed by atoms with Crippen LogP contribution in [0.3, 0.4) is 0 Å². The summed E-state index contributed by atoms with van der Waals surface area (Å²) in [6.45, 7) is 4.20. The fourth-order valence-electron chi connectivity index (χ4n) is 1.75. The summed E-state index contributed by atoms with van der Waals surface area (Å²) in [6, 6.07) is 10.9. The zero-order valence-corrected chi connectivity index (χ0v) is 11.8. The van der Waals surface area contributed by atoms with Gasteiger partial charge in [-0.15, -0.1) is 9.24 Å². The minimum atomic E-state index is 0.353. The Balaban J connectivity index is 2.63. The minimum Gasteiger partial charge on any atom is -0.193 e. The molecule has 2 unspecified atom stereocenters. The van der Waals surface area contributed by atoms with E-state index in [0.717, 1.165) is 18.4 Å². The fourth-order valence-corrected chi connectivity index (χ4v) is 2.12. The summed E-state index contributed by atoms with van der Waals surface area (Å²) in [7, 11) is 2.81. The van der Waals surface area contributed by atoms with E-state index in [4.69, 9.17) is 5.26 Å². The lowest BCUT2D eigenvalue weighted by molar-refractivity contribution is 0.915. The number of rotatable bonds is 5. The maximum absolute atomic E-state index is 8.61. The molecular formula is C15H20NP. The lowest BCUT2D eigenvalue weighted by atomic mass is 10.0. The number of allylic oxidation sites excluding steroid dienone is 2. The van der Waals surface area contributed by atoms with Crippen LogP contribution in [0.1, 0.15) is 31.4 Å². The molecule has 0 saturated carbocycles. The van der Waals surface area contributed by atoms with Crippen molar-refractivity contribution in [3.8, 4) is 6.07 Å². The molecule has 0 bridgehead atoms. The summed E-state index contributed by atoms with van der Waals surface area (Å²) < 4.78 is 0. The number of hydrogen-bond donors (Lipinski definition) is 0.